The first kappa shape index (κ1) is 14.3. The van der Waals surface area contributed by atoms with Crippen molar-refractivity contribution in [3.05, 3.63) is 21.8 Å². The Hall–Kier alpha value is -1.67. The molecule has 3 rings (SSSR count). The molecule has 2 amide bonds. The first-order chi connectivity index (χ1) is 10.1. The van der Waals surface area contributed by atoms with Crippen molar-refractivity contribution in [2.45, 2.75) is 18.0 Å². The lowest BCUT2D eigenvalue weighted by Gasteiger charge is -2.13. The molecule has 1 aliphatic rings. The molecule has 1 aliphatic heterocycles. The lowest BCUT2D eigenvalue weighted by atomic mass is 10.4. The standard InChI is InChI=1S/C13H13N3O3S2/c1-15-12(19)8-4-6-20-11(8)14-13(15)21-7-5-16-9(17)2-3-10(16)18/h4,6H,2-3,5,7H2,1H3. The average molecular weight is 323 g/mol. The smallest absolute Gasteiger partial charge is 0.262 e. The summed E-state index contributed by atoms with van der Waals surface area (Å²) in [6, 6.07) is 1.77. The molecule has 6 nitrogen and oxygen atoms in total. The van der Waals surface area contributed by atoms with E-state index in [-0.39, 0.29) is 17.4 Å². The number of carbonyl (C=O) groups is 2. The molecule has 0 radical (unpaired) electrons. The van der Waals surface area contributed by atoms with E-state index in [0.29, 0.717) is 40.5 Å². The Labute approximate surface area is 128 Å². The predicted octanol–water partition coefficient (Wildman–Crippen LogP) is 1.24. The van der Waals surface area contributed by atoms with Gasteiger partial charge in [0.05, 0.1) is 5.39 Å². The topological polar surface area (TPSA) is 72.3 Å². The Balaban J connectivity index is 1.73. The number of carbonyl (C=O) groups excluding carboxylic acids is 2. The summed E-state index contributed by atoms with van der Waals surface area (Å²) in [6.45, 7) is 0.362. The Morgan fingerprint density at radius 1 is 1.29 bits per heavy atom. The summed E-state index contributed by atoms with van der Waals surface area (Å²) >= 11 is 2.81. The summed E-state index contributed by atoms with van der Waals surface area (Å²) in [5, 5.41) is 3.07. The monoisotopic (exact) mass is 323 g/mol. The van der Waals surface area contributed by atoms with E-state index >= 15 is 0 Å². The predicted molar refractivity (Wildman–Crippen MR) is 81.5 cm³/mol. The van der Waals surface area contributed by atoms with Gasteiger partial charge in [-0.2, -0.15) is 0 Å². The van der Waals surface area contributed by atoms with Gasteiger partial charge < -0.3 is 0 Å². The third-order valence-electron chi connectivity index (χ3n) is 3.36. The van der Waals surface area contributed by atoms with Crippen LogP contribution >= 0.6 is 23.1 Å². The maximum absolute atomic E-state index is 12.1. The number of amides is 2. The summed E-state index contributed by atoms with van der Waals surface area (Å²) < 4.78 is 1.51. The van der Waals surface area contributed by atoms with Gasteiger partial charge in [0.1, 0.15) is 4.83 Å². The molecule has 0 unspecified atom stereocenters. The van der Waals surface area contributed by atoms with Crippen LogP contribution in [-0.4, -0.2) is 38.6 Å². The van der Waals surface area contributed by atoms with E-state index < -0.39 is 0 Å². The van der Waals surface area contributed by atoms with Crippen LogP contribution in [0.3, 0.4) is 0 Å². The van der Waals surface area contributed by atoms with Gasteiger partial charge in [0, 0.05) is 32.2 Å². The van der Waals surface area contributed by atoms with Crippen LogP contribution in [0.25, 0.3) is 10.2 Å². The summed E-state index contributed by atoms with van der Waals surface area (Å²) in [5.41, 5.74) is -0.0722. The van der Waals surface area contributed by atoms with E-state index in [9.17, 15) is 14.4 Å². The zero-order valence-corrected chi connectivity index (χ0v) is 13.0. The lowest BCUT2D eigenvalue weighted by Crippen LogP contribution is -2.31. The van der Waals surface area contributed by atoms with Crippen molar-refractivity contribution < 1.29 is 9.59 Å². The molecule has 0 spiro atoms. The van der Waals surface area contributed by atoms with Crippen LogP contribution in [0, 0.1) is 0 Å². The number of aromatic nitrogens is 2. The fraction of sp³-hybridized carbons (Fsp3) is 0.385. The highest BCUT2D eigenvalue weighted by atomic mass is 32.2. The fourth-order valence-electron chi connectivity index (χ4n) is 2.21. The van der Waals surface area contributed by atoms with Crippen LogP contribution in [0.15, 0.2) is 21.4 Å². The van der Waals surface area contributed by atoms with Gasteiger partial charge >= 0.3 is 0 Å². The molecule has 0 saturated carbocycles. The number of thiophene rings is 1. The van der Waals surface area contributed by atoms with Crippen LogP contribution in [0.2, 0.25) is 0 Å². The molecule has 0 aromatic carbocycles. The summed E-state index contributed by atoms with van der Waals surface area (Å²) in [4.78, 5) is 41.6. The second-order valence-electron chi connectivity index (χ2n) is 4.69. The number of imide groups is 1. The quantitative estimate of drug-likeness (QED) is 0.481. The van der Waals surface area contributed by atoms with E-state index in [0.717, 1.165) is 0 Å². The Morgan fingerprint density at radius 2 is 2.00 bits per heavy atom. The zero-order valence-electron chi connectivity index (χ0n) is 11.4. The number of hydrogen-bond donors (Lipinski definition) is 0. The number of hydrogen-bond acceptors (Lipinski definition) is 6. The molecule has 1 saturated heterocycles. The molecule has 8 heteroatoms. The number of thioether (sulfide) groups is 1. The van der Waals surface area contributed by atoms with Crippen LogP contribution in [0.4, 0.5) is 0 Å². The average Bonchev–Trinajstić information content (AvgIpc) is 3.05. The first-order valence-electron chi connectivity index (χ1n) is 6.48. The highest BCUT2D eigenvalue weighted by Gasteiger charge is 2.28. The maximum Gasteiger partial charge on any atom is 0.262 e. The van der Waals surface area contributed by atoms with Crippen molar-refractivity contribution in [2.24, 2.45) is 7.05 Å². The Morgan fingerprint density at radius 3 is 2.71 bits per heavy atom. The largest absolute Gasteiger partial charge is 0.290 e. The van der Waals surface area contributed by atoms with Crippen molar-refractivity contribution in [1.29, 1.82) is 0 Å². The van der Waals surface area contributed by atoms with Crippen molar-refractivity contribution in [3.63, 3.8) is 0 Å². The van der Waals surface area contributed by atoms with Gasteiger partial charge in [0.25, 0.3) is 5.56 Å². The van der Waals surface area contributed by atoms with Gasteiger partial charge in [-0.05, 0) is 11.4 Å². The van der Waals surface area contributed by atoms with Crippen LogP contribution in [0.5, 0.6) is 0 Å². The highest BCUT2D eigenvalue weighted by Crippen LogP contribution is 2.21. The number of nitrogens with zero attached hydrogens (tertiary/aromatic N) is 3. The van der Waals surface area contributed by atoms with Crippen LogP contribution in [-0.2, 0) is 16.6 Å². The summed E-state index contributed by atoms with van der Waals surface area (Å²) in [7, 11) is 1.68. The Bertz CT molecular complexity index is 765. The normalized spacial score (nSPS) is 15.4. The SMILES string of the molecule is Cn1c(SCCN2C(=O)CCC2=O)nc2sccc2c1=O. The molecular weight excluding hydrogens is 310 g/mol. The van der Waals surface area contributed by atoms with Gasteiger partial charge in [0.2, 0.25) is 11.8 Å². The van der Waals surface area contributed by atoms with Crippen LogP contribution < -0.4 is 5.56 Å². The third kappa shape index (κ3) is 2.60. The van der Waals surface area contributed by atoms with E-state index in [4.69, 9.17) is 0 Å². The van der Waals surface area contributed by atoms with Crippen molar-refractivity contribution in [3.8, 4) is 0 Å². The summed E-state index contributed by atoms with van der Waals surface area (Å²) in [6.07, 6.45) is 0.614. The van der Waals surface area contributed by atoms with Gasteiger partial charge in [-0.3, -0.25) is 23.9 Å². The van der Waals surface area contributed by atoms with Crippen molar-refractivity contribution in [1.82, 2.24) is 14.5 Å². The minimum atomic E-state index is -0.115. The number of rotatable bonds is 4. The fourth-order valence-corrected chi connectivity index (χ4v) is 3.91. The molecule has 110 valence electrons. The molecule has 0 atom stereocenters. The number of likely N-dealkylation sites (tertiary alicyclic amines) is 1. The second-order valence-corrected chi connectivity index (χ2v) is 6.64. The highest BCUT2D eigenvalue weighted by molar-refractivity contribution is 7.99. The minimum Gasteiger partial charge on any atom is -0.290 e. The second kappa shape index (κ2) is 5.61. The van der Waals surface area contributed by atoms with Crippen LogP contribution in [0.1, 0.15) is 12.8 Å². The molecule has 21 heavy (non-hydrogen) atoms. The van der Waals surface area contributed by atoms with E-state index in [1.54, 1.807) is 13.1 Å². The number of fused-ring (bicyclic) bond motifs is 1. The first-order valence-corrected chi connectivity index (χ1v) is 8.34. The van der Waals surface area contributed by atoms with Crippen molar-refractivity contribution in [2.75, 3.05) is 12.3 Å². The van der Waals surface area contributed by atoms with E-state index in [1.807, 2.05) is 5.38 Å². The third-order valence-corrected chi connectivity index (χ3v) is 5.18. The molecule has 0 N–H and O–H groups in total. The van der Waals surface area contributed by atoms with Gasteiger partial charge in [-0.25, -0.2) is 4.98 Å². The van der Waals surface area contributed by atoms with E-state index in [2.05, 4.69) is 4.98 Å². The van der Waals surface area contributed by atoms with Gasteiger partial charge in [-0.15, -0.1) is 11.3 Å². The molecule has 2 aromatic rings. The molecule has 3 heterocycles. The Kier molecular flexibility index (Phi) is 3.81. The molecule has 0 bridgehead atoms. The zero-order chi connectivity index (χ0) is 15.0. The molecule has 0 aliphatic carbocycles. The van der Waals surface area contributed by atoms with Crippen molar-refractivity contribution >= 4 is 45.1 Å². The van der Waals surface area contributed by atoms with Gasteiger partial charge in [-0.1, -0.05) is 11.8 Å². The lowest BCUT2D eigenvalue weighted by molar-refractivity contribution is -0.137. The minimum absolute atomic E-state index is 0.0722. The molecular formula is C13H13N3O3S2. The maximum atomic E-state index is 12.1. The summed E-state index contributed by atoms with van der Waals surface area (Å²) in [5.74, 6) is 0.307. The molecule has 1 fully saturated rings. The van der Waals surface area contributed by atoms with Gasteiger partial charge in [0.15, 0.2) is 5.16 Å². The van der Waals surface area contributed by atoms with E-state index in [1.165, 1.54) is 32.6 Å². The molecule has 2 aromatic heterocycles.